The molecule has 2 aromatic rings. The topological polar surface area (TPSA) is 63.6 Å². The molecule has 2 rings (SSSR count). The van der Waals surface area contributed by atoms with Crippen molar-refractivity contribution in [1.82, 2.24) is 0 Å². The highest BCUT2D eigenvalue weighted by Gasteiger charge is 2.30. The van der Waals surface area contributed by atoms with Gasteiger partial charge in [-0.15, -0.1) is 0 Å². The largest absolute Gasteiger partial charge is 0.478 e. The smallest absolute Gasteiger partial charge is 0.347 e. The number of hydrogen-bond donors (Lipinski definition) is 1. The van der Waals surface area contributed by atoms with Gasteiger partial charge in [0.1, 0.15) is 5.75 Å². The first kappa shape index (κ1) is 20.2. The zero-order valence-electron chi connectivity index (χ0n) is 15.4. The molecule has 0 aliphatic carbocycles. The standard InChI is InChI=1S/C21H23BrO4/c1-13-11-15(5-10-18(23)16-6-8-17(22)9-7-16)12-14(2)19(13)26-21(3,4)20(24)25/h6-9,11-12H,5,10H2,1-4H3,(H,24,25). The van der Waals surface area contributed by atoms with Gasteiger partial charge in [0, 0.05) is 16.5 Å². The Morgan fingerprint density at radius 3 is 2.12 bits per heavy atom. The third-order valence-electron chi connectivity index (χ3n) is 4.20. The molecule has 0 spiro atoms. The maximum Gasteiger partial charge on any atom is 0.347 e. The van der Waals surface area contributed by atoms with Crippen LogP contribution in [-0.2, 0) is 11.2 Å². The summed E-state index contributed by atoms with van der Waals surface area (Å²) in [6.45, 7) is 6.83. The van der Waals surface area contributed by atoms with Crippen LogP contribution in [0.3, 0.4) is 0 Å². The third kappa shape index (κ3) is 4.94. The Morgan fingerprint density at radius 1 is 1.08 bits per heavy atom. The molecule has 0 aromatic heterocycles. The van der Waals surface area contributed by atoms with Crippen molar-refractivity contribution in [3.05, 3.63) is 63.1 Å². The number of carbonyl (C=O) groups is 2. The van der Waals surface area contributed by atoms with Crippen LogP contribution in [0.4, 0.5) is 0 Å². The van der Waals surface area contributed by atoms with Crippen molar-refractivity contribution >= 4 is 27.7 Å². The van der Waals surface area contributed by atoms with Crippen LogP contribution in [0.15, 0.2) is 40.9 Å². The van der Waals surface area contributed by atoms with Crippen LogP contribution in [0.25, 0.3) is 0 Å². The van der Waals surface area contributed by atoms with E-state index in [0.29, 0.717) is 24.2 Å². The van der Waals surface area contributed by atoms with Crippen LogP contribution in [-0.4, -0.2) is 22.5 Å². The summed E-state index contributed by atoms with van der Waals surface area (Å²) in [7, 11) is 0. The molecule has 138 valence electrons. The van der Waals surface area contributed by atoms with Gasteiger partial charge in [0.2, 0.25) is 0 Å². The summed E-state index contributed by atoms with van der Waals surface area (Å²) in [4.78, 5) is 23.6. The monoisotopic (exact) mass is 418 g/mol. The number of carboxylic acid groups (broad SMARTS) is 1. The fourth-order valence-electron chi connectivity index (χ4n) is 2.68. The lowest BCUT2D eigenvalue weighted by molar-refractivity contribution is -0.152. The summed E-state index contributed by atoms with van der Waals surface area (Å²) in [5.74, 6) is -0.332. The Labute approximate surface area is 162 Å². The molecule has 0 fully saturated rings. The van der Waals surface area contributed by atoms with Crippen molar-refractivity contribution < 1.29 is 19.4 Å². The van der Waals surface area contributed by atoms with Crippen LogP contribution in [0.2, 0.25) is 0 Å². The molecule has 0 unspecified atom stereocenters. The molecule has 2 aromatic carbocycles. The summed E-state index contributed by atoms with van der Waals surface area (Å²) in [5.41, 5.74) is 2.17. The zero-order chi connectivity index (χ0) is 19.5. The molecule has 0 bridgehead atoms. The lowest BCUT2D eigenvalue weighted by Gasteiger charge is -2.24. The van der Waals surface area contributed by atoms with Crippen LogP contribution >= 0.6 is 15.9 Å². The second-order valence-corrected chi connectivity index (χ2v) is 7.82. The summed E-state index contributed by atoms with van der Waals surface area (Å²) < 4.78 is 6.66. The average molecular weight is 419 g/mol. The number of hydrogen-bond acceptors (Lipinski definition) is 3. The Hall–Kier alpha value is -2.14. The van der Waals surface area contributed by atoms with Gasteiger partial charge in [0.05, 0.1) is 0 Å². The van der Waals surface area contributed by atoms with E-state index in [1.54, 1.807) is 0 Å². The van der Waals surface area contributed by atoms with Crippen LogP contribution in [0.1, 0.15) is 47.3 Å². The number of aliphatic carboxylic acids is 1. The number of ketones is 1. The fraction of sp³-hybridized carbons (Fsp3) is 0.333. The number of rotatable bonds is 7. The van der Waals surface area contributed by atoms with Crippen molar-refractivity contribution in [2.45, 2.75) is 46.1 Å². The maximum atomic E-state index is 12.3. The molecule has 0 atom stereocenters. The number of ether oxygens (including phenoxy) is 1. The summed E-state index contributed by atoms with van der Waals surface area (Å²) in [6, 6.07) is 11.3. The number of aryl methyl sites for hydroxylation is 3. The van der Waals surface area contributed by atoms with Crippen molar-refractivity contribution in [3.63, 3.8) is 0 Å². The Bertz CT molecular complexity index is 799. The van der Waals surface area contributed by atoms with Crippen molar-refractivity contribution in [3.8, 4) is 5.75 Å². The molecular weight excluding hydrogens is 396 g/mol. The first-order valence-electron chi connectivity index (χ1n) is 8.41. The molecule has 5 heteroatoms. The van der Waals surface area contributed by atoms with E-state index in [1.165, 1.54) is 13.8 Å². The molecule has 1 N–H and O–H groups in total. The van der Waals surface area contributed by atoms with Gasteiger partial charge in [0.25, 0.3) is 0 Å². The second-order valence-electron chi connectivity index (χ2n) is 6.91. The molecule has 0 aliphatic heterocycles. The van der Waals surface area contributed by atoms with Crippen molar-refractivity contribution in [2.24, 2.45) is 0 Å². The van der Waals surface area contributed by atoms with Gasteiger partial charge in [-0.1, -0.05) is 40.2 Å². The van der Waals surface area contributed by atoms with Crippen LogP contribution in [0.5, 0.6) is 5.75 Å². The zero-order valence-corrected chi connectivity index (χ0v) is 17.0. The highest BCUT2D eigenvalue weighted by Crippen LogP contribution is 2.29. The molecule has 0 amide bonds. The van der Waals surface area contributed by atoms with Gasteiger partial charge in [-0.05, 0) is 62.9 Å². The van der Waals surface area contributed by atoms with Crippen LogP contribution < -0.4 is 4.74 Å². The van der Waals surface area contributed by atoms with Gasteiger partial charge >= 0.3 is 5.97 Å². The molecule has 4 nitrogen and oxygen atoms in total. The molecule has 0 heterocycles. The Kier molecular flexibility index (Phi) is 6.24. The first-order chi connectivity index (χ1) is 12.1. The van der Waals surface area contributed by atoms with E-state index in [0.717, 1.165) is 21.2 Å². The van der Waals surface area contributed by atoms with Crippen LogP contribution in [0, 0.1) is 13.8 Å². The van der Waals surface area contributed by atoms with Gasteiger partial charge in [0.15, 0.2) is 11.4 Å². The molecular formula is C21H23BrO4. The molecule has 0 aliphatic rings. The number of carboxylic acids is 1. The lowest BCUT2D eigenvalue weighted by Crippen LogP contribution is -2.38. The predicted molar refractivity (Wildman–Crippen MR) is 105 cm³/mol. The lowest BCUT2D eigenvalue weighted by atomic mass is 9.99. The van der Waals surface area contributed by atoms with Gasteiger partial charge in [-0.3, -0.25) is 4.79 Å². The highest BCUT2D eigenvalue weighted by atomic mass is 79.9. The SMILES string of the molecule is Cc1cc(CCC(=O)c2ccc(Br)cc2)cc(C)c1OC(C)(C)C(=O)O. The number of Topliss-reactive ketones (excluding diaryl/α,β-unsaturated/α-hetero) is 1. The van der Waals surface area contributed by atoms with E-state index in [9.17, 15) is 14.7 Å². The predicted octanol–water partition coefficient (Wildman–Crippen LogP) is 5.12. The Balaban J connectivity index is 2.11. The van der Waals surface area contributed by atoms with E-state index < -0.39 is 11.6 Å². The molecule has 0 saturated heterocycles. The molecule has 0 radical (unpaired) electrons. The fourth-order valence-corrected chi connectivity index (χ4v) is 2.95. The Morgan fingerprint density at radius 2 is 1.62 bits per heavy atom. The van der Waals surface area contributed by atoms with E-state index in [-0.39, 0.29) is 5.78 Å². The normalized spacial score (nSPS) is 11.3. The number of halogens is 1. The average Bonchev–Trinajstić information content (AvgIpc) is 2.56. The minimum absolute atomic E-state index is 0.0974. The van der Waals surface area contributed by atoms with E-state index in [2.05, 4.69) is 15.9 Å². The summed E-state index contributed by atoms with van der Waals surface area (Å²) in [6.07, 6.45) is 1.04. The first-order valence-corrected chi connectivity index (χ1v) is 9.21. The van der Waals surface area contributed by atoms with Crippen molar-refractivity contribution in [1.29, 1.82) is 0 Å². The maximum absolute atomic E-state index is 12.3. The second kappa shape index (κ2) is 8.04. The van der Waals surface area contributed by atoms with E-state index >= 15 is 0 Å². The number of carbonyl (C=O) groups excluding carboxylic acids is 1. The van der Waals surface area contributed by atoms with Gasteiger partial charge in [-0.2, -0.15) is 0 Å². The van der Waals surface area contributed by atoms with E-state index in [1.807, 2.05) is 50.2 Å². The minimum Gasteiger partial charge on any atom is -0.478 e. The quantitative estimate of drug-likeness (QED) is 0.633. The van der Waals surface area contributed by atoms with Crippen molar-refractivity contribution in [2.75, 3.05) is 0 Å². The number of benzene rings is 2. The summed E-state index contributed by atoms with van der Waals surface area (Å²) in [5, 5.41) is 9.24. The molecule has 26 heavy (non-hydrogen) atoms. The van der Waals surface area contributed by atoms with Gasteiger partial charge in [-0.25, -0.2) is 4.79 Å². The van der Waals surface area contributed by atoms with E-state index in [4.69, 9.17) is 4.74 Å². The van der Waals surface area contributed by atoms with Gasteiger partial charge < -0.3 is 9.84 Å². The third-order valence-corrected chi connectivity index (χ3v) is 4.73. The minimum atomic E-state index is -1.30. The summed E-state index contributed by atoms with van der Waals surface area (Å²) >= 11 is 3.36. The highest BCUT2D eigenvalue weighted by molar-refractivity contribution is 9.10. The molecule has 0 saturated carbocycles.